The van der Waals surface area contributed by atoms with E-state index >= 15 is 0 Å². The van der Waals surface area contributed by atoms with Crippen LogP contribution in [0.4, 0.5) is 17.1 Å². The first-order valence-electron chi connectivity index (χ1n) is 10.7. The minimum atomic E-state index is 0.0915. The highest BCUT2D eigenvalue weighted by molar-refractivity contribution is 6.02. The van der Waals surface area contributed by atoms with Crippen molar-refractivity contribution in [2.45, 2.75) is 12.8 Å². The fourth-order valence-electron chi connectivity index (χ4n) is 4.24. The number of carbonyl (C=O) groups excluding carboxylic acids is 1. The van der Waals surface area contributed by atoms with Crippen molar-refractivity contribution >= 4 is 23.0 Å². The molecule has 0 aliphatic carbocycles. The zero-order valence-electron chi connectivity index (χ0n) is 17.0. The summed E-state index contributed by atoms with van der Waals surface area (Å²) in [6.07, 6.45) is 2.18. The Kier molecular flexibility index (Phi) is 6.20. The molecule has 2 heterocycles. The molecule has 2 aromatic carbocycles. The Balaban J connectivity index is 1.30. The molecule has 0 atom stereocenters. The van der Waals surface area contributed by atoms with E-state index in [2.05, 4.69) is 45.4 Å². The van der Waals surface area contributed by atoms with E-state index in [1.807, 2.05) is 23.1 Å². The van der Waals surface area contributed by atoms with Gasteiger partial charge in [0.25, 0.3) is 5.91 Å². The molecule has 2 saturated heterocycles. The van der Waals surface area contributed by atoms with Crippen molar-refractivity contribution in [1.82, 2.24) is 9.80 Å². The van der Waals surface area contributed by atoms with E-state index in [1.165, 1.54) is 5.69 Å². The van der Waals surface area contributed by atoms with Gasteiger partial charge in [0.15, 0.2) is 0 Å². The Hall–Kier alpha value is -2.73. The van der Waals surface area contributed by atoms with Gasteiger partial charge >= 0.3 is 0 Å². The molecule has 6 nitrogen and oxygen atoms in total. The summed E-state index contributed by atoms with van der Waals surface area (Å²) < 4.78 is 0. The van der Waals surface area contributed by atoms with Gasteiger partial charge in [0.05, 0.1) is 16.9 Å². The standard InChI is InChI=1S/C23H31N5O/c24-21-10-6-9-20(23(29)28-12-4-5-13-28)22(21)25-11-14-26-15-17-27(18-16-26)19-7-2-1-3-8-19/h1-3,6-10,25H,4-5,11-18,24H2. The van der Waals surface area contributed by atoms with Crippen molar-refractivity contribution in [3.05, 3.63) is 54.1 Å². The van der Waals surface area contributed by atoms with Crippen LogP contribution in [-0.2, 0) is 0 Å². The highest BCUT2D eigenvalue weighted by Gasteiger charge is 2.23. The molecule has 0 spiro atoms. The number of carbonyl (C=O) groups is 1. The predicted molar refractivity (Wildman–Crippen MR) is 120 cm³/mol. The van der Waals surface area contributed by atoms with Crippen LogP contribution in [0.25, 0.3) is 0 Å². The molecule has 2 fully saturated rings. The fraction of sp³-hybridized carbons (Fsp3) is 0.435. The summed E-state index contributed by atoms with van der Waals surface area (Å²) in [6, 6.07) is 16.2. The number of likely N-dealkylation sites (tertiary alicyclic amines) is 1. The van der Waals surface area contributed by atoms with Crippen LogP contribution in [0.5, 0.6) is 0 Å². The van der Waals surface area contributed by atoms with Crippen LogP contribution in [0.3, 0.4) is 0 Å². The van der Waals surface area contributed by atoms with Crippen molar-refractivity contribution in [2.24, 2.45) is 0 Å². The molecule has 2 aromatic rings. The lowest BCUT2D eigenvalue weighted by atomic mass is 10.1. The van der Waals surface area contributed by atoms with Crippen molar-refractivity contribution in [3.8, 4) is 0 Å². The molecular weight excluding hydrogens is 362 g/mol. The number of nitrogen functional groups attached to an aromatic ring is 1. The van der Waals surface area contributed by atoms with E-state index in [1.54, 1.807) is 0 Å². The first-order chi connectivity index (χ1) is 14.2. The molecule has 0 aromatic heterocycles. The van der Waals surface area contributed by atoms with Crippen molar-refractivity contribution in [3.63, 3.8) is 0 Å². The van der Waals surface area contributed by atoms with Gasteiger partial charge in [-0.3, -0.25) is 9.69 Å². The molecule has 0 bridgehead atoms. The molecule has 29 heavy (non-hydrogen) atoms. The van der Waals surface area contributed by atoms with E-state index < -0.39 is 0 Å². The number of anilines is 3. The largest absolute Gasteiger partial charge is 0.397 e. The number of amides is 1. The third kappa shape index (κ3) is 4.65. The van der Waals surface area contributed by atoms with E-state index in [9.17, 15) is 4.79 Å². The summed E-state index contributed by atoms with van der Waals surface area (Å²) in [5, 5.41) is 3.45. The van der Waals surface area contributed by atoms with Crippen LogP contribution in [0.1, 0.15) is 23.2 Å². The van der Waals surface area contributed by atoms with Crippen molar-refractivity contribution < 1.29 is 4.79 Å². The average molecular weight is 394 g/mol. The van der Waals surface area contributed by atoms with Crippen LogP contribution in [0.15, 0.2) is 48.5 Å². The Bertz CT molecular complexity index is 811. The van der Waals surface area contributed by atoms with Crippen LogP contribution in [0.2, 0.25) is 0 Å². The minimum absolute atomic E-state index is 0.0915. The van der Waals surface area contributed by atoms with E-state index in [-0.39, 0.29) is 5.91 Å². The number of rotatable bonds is 6. The number of nitrogens with two attached hydrogens (primary N) is 1. The number of benzene rings is 2. The second kappa shape index (κ2) is 9.18. The van der Waals surface area contributed by atoms with Gasteiger partial charge in [0, 0.05) is 58.0 Å². The van der Waals surface area contributed by atoms with Crippen LogP contribution < -0.4 is 16.0 Å². The Morgan fingerprint density at radius 2 is 1.62 bits per heavy atom. The van der Waals surface area contributed by atoms with Crippen LogP contribution >= 0.6 is 0 Å². The van der Waals surface area contributed by atoms with Crippen LogP contribution in [0, 0.1) is 0 Å². The molecule has 6 heteroatoms. The normalized spacial score (nSPS) is 17.5. The zero-order chi connectivity index (χ0) is 20.1. The smallest absolute Gasteiger partial charge is 0.256 e. The SMILES string of the molecule is Nc1cccc(C(=O)N2CCCC2)c1NCCN1CCN(c2ccccc2)CC1. The molecule has 154 valence electrons. The number of hydrogen-bond donors (Lipinski definition) is 2. The topological polar surface area (TPSA) is 64.8 Å². The molecule has 2 aliphatic heterocycles. The monoisotopic (exact) mass is 393 g/mol. The number of para-hydroxylation sites is 2. The summed E-state index contributed by atoms with van der Waals surface area (Å²) in [7, 11) is 0. The number of hydrogen-bond acceptors (Lipinski definition) is 5. The van der Waals surface area contributed by atoms with Gasteiger partial charge in [-0.05, 0) is 37.1 Å². The van der Waals surface area contributed by atoms with Crippen LogP contribution in [-0.4, -0.2) is 68.1 Å². The number of piperazine rings is 1. The first kappa shape index (κ1) is 19.6. The number of nitrogens with one attached hydrogen (secondary N) is 1. The van der Waals surface area contributed by atoms with Gasteiger partial charge < -0.3 is 20.9 Å². The highest BCUT2D eigenvalue weighted by Crippen LogP contribution is 2.26. The Morgan fingerprint density at radius 1 is 0.897 bits per heavy atom. The maximum Gasteiger partial charge on any atom is 0.256 e. The molecule has 0 radical (unpaired) electrons. The molecule has 3 N–H and O–H groups in total. The summed E-state index contributed by atoms with van der Waals surface area (Å²) in [4.78, 5) is 19.7. The van der Waals surface area contributed by atoms with Gasteiger partial charge in [-0.2, -0.15) is 0 Å². The van der Waals surface area contributed by atoms with Gasteiger partial charge in [-0.15, -0.1) is 0 Å². The molecule has 0 unspecified atom stereocenters. The molecule has 2 aliphatic rings. The number of nitrogens with zero attached hydrogens (tertiary/aromatic N) is 3. The predicted octanol–water partition coefficient (Wildman–Crippen LogP) is 2.74. The summed E-state index contributed by atoms with van der Waals surface area (Å²) in [5.41, 5.74) is 9.63. The lowest BCUT2D eigenvalue weighted by Crippen LogP contribution is -2.47. The molecule has 0 saturated carbocycles. The van der Waals surface area contributed by atoms with Gasteiger partial charge in [0.2, 0.25) is 0 Å². The van der Waals surface area contributed by atoms with Gasteiger partial charge in [0.1, 0.15) is 0 Å². The molecule has 1 amide bonds. The van der Waals surface area contributed by atoms with E-state index in [4.69, 9.17) is 5.73 Å². The Morgan fingerprint density at radius 3 is 2.34 bits per heavy atom. The zero-order valence-corrected chi connectivity index (χ0v) is 17.0. The summed E-state index contributed by atoms with van der Waals surface area (Å²) >= 11 is 0. The molecular formula is C23H31N5O. The maximum absolute atomic E-state index is 12.9. The van der Waals surface area contributed by atoms with Crippen molar-refractivity contribution in [2.75, 3.05) is 68.3 Å². The lowest BCUT2D eigenvalue weighted by molar-refractivity contribution is 0.0794. The highest BCUT2D eigenvalue weighted by atomic mass is 16.2. The van der Waals surface area contributed by atoms with E-state index in [0.717, 1.165) is 70.9 Å². The second-order valence-corrected chi connectivity index (χ2v) is 7.86. The quantitative estimate of drug-likeness (QED) is 0.739. The minimum Gasteiger partial charge on any atom is -0.397 e. The lowest BCUT2D eigenvalue weighted by Gasteiger charge is -2.36. The second-order valence-electron chi connectivity index (χ2n) is 7.86. The van der Waals surface area contributed by atoms with E-state index in [0.29, 0.717) is 11.3 Å². The summed E-state index contributed by atoms with van der Waals surface area (Å²) in [5.74, 6) is 0.0915. The van der Waals surface area contributed by atoms with Gasteiger partial charge in [-0.25, -0.2) is 0 Å². The molecule has 4 rings (SSSR count). The fourth-order valence-corrected chi connectivity index (χ4v) is 4.24. The Labute approximate surface area is 173 Å². The maximum atomic E-state index is 12.9. The van der Waals surface area contributed by atoms with Gasteiger partial charge in [-0.1, -0.05) is 24.3 Å². The average Bonchev–Trinajstić information content (AvgIpc) is 3.30. The third-order valence-corrected chi connectivity index (χ3v) is 5.94. The van der Waals surface area contributed by atoms with Crippen molar-refractivity contribution in [1.29, 1.82) is 0 Å². The first-order valence-corrected chi connectivity index (χ1v) is 10.7. The third-order valence-electron chi connectivity index (χ3n) is 5.94. The summed E-state index contributed by atoms with van der Waals surface area (Å²) in [6.45, 7) is 7.57.